The van der Waals surface area contributed by atoms with Crippen LogP contribution in [0, 0.1) is 103 Å². The van der Waals surface area contributed by atoms with Gasteiger partial charge < -0.3 is 109 Å². The Morgan fingerprint density at radius 3 is 1.19 bits per heavy atom. The number of fused-ring (bicyclic) bond motifs is 4. The molecule has 39 heteroatoms. The number of carbonyl (C=O) groups is 18. The van der Waals surface area contributed by atoms with Crippen LogP contribution in [0.4, 0.5) is 28.8 Å². The molecule has 18 atom stereocenters. The number of carbonyl (C=O) groups excluding carboxylic acids is 18. The largest absolute Gasteiger partial charge is 0.447 e. The van der Waals surface area contributed by atoms with Gasteiger partial charge in [0.1, 0.15) is 56.1 Å². The molecule has 142 heavy (non-hydrogen) atoms. The topological polar surface area (TPSA) is 553 Å². The minimum absolute atomic E-state index is 0.0579. The minimum atomic E-state index is -1.10. The fraction of sp³-hybridized carbons (Fsp3) is 0.748. The molecule has 18 amide bonds. The molecule has 3 saturated heterocycles. The Balaban J connectivity index is 0.000000238. The molecule has 0 bridgehead atoms. The Labute approximate surface area is 836 Å². The number of rotatable bonds is 40. The lowest BCUT2D eigenvalue weighted by atomic mass is 9.80. The summed E-state index contributed by atoms with van der Waals surface area (Å²) in [5.41, 5.74) is 9.88. The molecule has 0 spiro atoms. The zero-order valence-electron chi connectivity index (χ0n) is 88.1. The van der Waals surface area contributed by atoms with E-state index in [1.165, 1.54) is 22.9 Å². The minimum Gasteiger partial charge on any atom is -0.447 e. The Morgan fingerprint density at radius 1 is 0.458 bits per heavy atom. The highest BCUT2D eigenvalue weighted by molar-refractivity contribution is 6.39. The van der Waals surface area contributed by atoms with E-state index in [-0.39, 0.29) is 120 Å². The average molecular weight is 1990 g/mol. The molecule has 3 heterocycles. The molecular formula is C103H164N18O21. The van der Waals surface area contributed by atoms with Crippen molar-refractivity contribution in [2.45, 2.75) is 328 Å². The molecule has 11 rings (SSSR count). The maximum atomic E-state index is 14.7. The predicted octanol–water partition coefficient (Wildman–Crippen LogP) is 7.01. The second kappa shape index (κ2) is 46.7. The third kappa shape index (κ3) is 28.9. The molecule has 39 nitrogen and oxygen atoms in total. The van der Waals surface area contributed by atoms with Crippen molar-refractivity contribution in [2.75, 3.05) is 59.6 Å². The summed E-state index contributed by atoms with van der Waals surface area (Å²) >= 11 is 0. The quantitative estimate of drug-likeness (QED) is 0.0178. The fourth-order valence-electron chi connectivity index (χ4n) is 21.0. The molecule has 792 valence electrons. The van der Waals surface area contributed by atoms with E-state index in [9.17, 15) is 86.3 Å². The lowest BCUT2D eigenvalue weighted by Crippen LogP contribution is -2.62. The number of alkyl carbamates (subject to hydrolysis) is 3. The van der Waals surface area contributed by atoms with Gasteiger partial charge in [-0.3, -0.25) is 57.5 Å². The number of ketones is 3. The van der Waals surface area contributed by atoms with Crippen LogP contribution >= 0.6 is 0 Å². The summed E-state index contributed by atoms with van der Waals surface area (Å²) in [5, 5.41) is 35.9. The molecule has 7 aliphatic carbocycles. The summed E-state index contributed by atoms with van der Waals surface area (Å²) in [5.74, 6) is -7.74. The molecule has 1 aromatic carbocycles. The number of benzene rings is 1. The number of Topliss-reactive ketones (excluding diaryl/α,β-unsaturated/α-hetero) is 3. The summed E-state index contributed by atoms with van der Waals surface area (Å²) in [7, 11) is 1.44. The number of amides is 18. The molecule has 17 N–H and O–H groups in total. The number of primary amides is 2. The summed E-state index contributed by atoms with van der Waals surface area (Å²) in [6.07, 6.45) is 10.2. The van der Waals surface area contributed by atoms with E-state index in [1.807, 2.05) is 156 Å². The third-order valence-electron chi connectivity index (χ3n) is 31.2. The standard InChI is InChI=1S/C37H54N6O7.C35H58N6O7.C31H52N6O7/c1-19(2)27(18-50-36(49)39-20(3)4)41-35(48)42-29(24-15-22-12-7-8-13-23(22)16-24)34(47)43-17-25-28(37(25,5)6)30(43)33(46)40-26(31(44)32(38)45)14-21-10-9-11-21;1-11-13-22(26(42)29(44)36-16-12-2)38-28(43)25-24-21(35(24,9)10)18-41(25)30(45)27(34(6,7)8)40-31(46)39-23(33(3,4)5)19-48-32(47)37-17-20-14-15-20;1-29(2,3)19(15-44-28(43)33-9)35-27(42)36-23(30(4,5)6)26(41)37-14-17-20(31(17,7)8)21(37)25(40)34-18(22(38)24(32)39)13-16-11-10-12-16/h7-8,12-13,19-21,24-30H,9-11,14-18H2,1-6H3,(H2,38,45)(H,39,49)(H,40,46)(H2,41,42,48);12,20-25,27H,2,11,13-19H2,1,3-10H3,(H,36,44)(H,37,47)(H,38,43)(H2,39,40,46);16-21,23H,10-15H2,1-9H3,(H2,32,39)(H,33,43)(H,34,40)(H2,35,36,42)/t25-,26?,27+,28-,29-,30-;21-,22?,23+,24-,25-,27+;17-,18?,19+,20-,21-,23+/m000/s1. The number of hydrogen-bond donors (Lipinski definition) is 15. The Bertz CT molecular complexity index is 4790. The Hall–Kier alpha value is -11.2. The molecule has 0 radical (unpaired) electrons. The van der Waals surface area contributed by atoms with E-state index < -0.39 is 195 Å². The van der Waals surface area contributed by atoms with Crippen molar-refractivity contribution in [1.82, 2.24) is 83.8 Å². The molecular weight excluding hydrogens is 1830 g/mol. The van der Waals surface area contributed by atoms with Gasteiger partial charge in [-0.15, -0.1) is 6.58 Å². The van der Waals surface area contributed by atoms with Gasteiger partial charge in [0.2, 0.25) is 52.8 Å². The van der Waals surface area contributed by atoms with Crippen LogP contribution in [-0.2, 0) is 84.6 Å². The summed E-state index contributed by atoms with van der Waals surface area (Å²) in [4.78, 5) is 241. The number of urea groups is 3. The summed E-state index contributed by atoms with van der Waals surface area (Å²) < 4.78 is 16.0. The van der Waals surface area contributed by atoms with Gasteiger partial charge in [0.25, 0.3) is 17.7 Å². The monoisotopic (exact) mass is 1990 g/mol. The highest BCUT2D eigenvalue weighted by Gasteiger charge is 2.73. The summed E-state index contributed by atoms with van der Waals surface area (Å²) in [6.45, 7) is 49.0. The van der Waals surface area contributed by atoms with Crippen molar-refractivity contribution in [1.29, 1.82) is 0 Å². The Morgan fingerprint density at radius 2 is 0.845 bits per heavy atom. The second-order valence-electron chi connectivity index (χ2n) is 47.7. The van der Waals surface area contributed by atoms with Crippen molar-refractivity contribution in [3.05, 3.63) is 48.0 Å². The number of piperidine rings is 3. The number of nitrogens with two attached hydrogens (primary N) is 2. The van der Waals surface area contributed by atoms with Gasteiger partial charge in [-0.1, -0.05) is 221 Å². The molecule has 10 aliphatic rings. The lowest BCUT2D eigenvalue weighted by Gasteiger charge is -2.38. The zero-order valence-corrected chi connectivity index (χ0v) is 88.1. The van der Waals surface area contributed by atoms with Gasteiger partial charge in [0, 0.05) is 45.8 Å². The van der Waals surface area contributed by atoms with E-state index in [0.717, 1.165) is 62.5 Å². The van der Waals surface area contributed by atoms with Crippen molar-refractivity contribution in [3.8, 4) is 0 Å². The van der Waals surface area contributed by atoms with Crippen molar-refractivity contribution >= 4 is 107 Å². The van der Waals surface area contributed by atoms with Crippen LogP contribution in [0.2, 0.25) is 0 Å². The number of likely N-dealkylation sites (tertiary alicyclic amines) is 3. The lowest BCUT2D eigenvalue weighted by molar-refractivity contribution is -0.145. The van der Waals surface area contributed by atoms with Gasteiger partial charge in [-0.2, -0.15) is 0 Å². The van der Waals surface area contributed by atoms with Crippen LogP contribution in [0.1, 0.15) is 247 Å². The van der Waals surface area contributed by atoms with Gasteiger partial charge in [-0.05, 0) is 173 Å². The second-order valence-corrected chi connectivity index (χ2v) is 47.7. The normalized spacial score (nSPS) is 23.8. The first kappa shape index (κ1) is 114. The highest BCUT2D eigenvalue weighted by Crippen LogP contribution is 2.67. The van der Waals surface area contributed by atoms with Crippen molar-refractivity contribution < 1.29 is 101 Å². The van der Waals surface area contributed by atoms with E-state index in [1.54, 1.807) is 4.90 Å². The zero-order chi connectivity index (χ0) is 106. The Kier molecular flexibility index (Phi) is 37.6. The first-order valence-corrected chi connectivity index (χ1v) is 50.9. The van der Waals surface area contributed by atoms with Gasteiger partial charge >= 0.3 is 36.4 Å². The first-order valence-electron chi connectivity index (χ1n) is 50.9. The van der Waals surface area contributed by atoms with E-state index in [0.29, 0.717) is 64.2 Å². The smallest absolute Gasteiger partial charge is 0.407 e. The first-order chi connectivity index (χ1) is 66.0. The van der Waals surface area contributed by atoms with Crippen LogP contribution in [0.3, 0.4) is 0 Å². The predicted molar refractivity (Wildman–Crippen MR) is 530 cm³/mol. The van der Waals surface area contributed by atoms with Crippen LogP contribution in [0.5, 0.6) is 0 Å². The van der Waals surface area contributed by atoms with Crippen LogP contribution in [-0.4, -0.2) is 260 Å². The molecule has 3 unspecified atom stereocenters. The molecule has 6 saturated carbocycles. The average Bonchev–Trinajstić information content (AvgIpc) is 1.53. The molecule has 0 aromatic heterocycles. The maximum absolute atomic E-state index is 14.7. The number of nitrogens with zero attached hydrogens (tertiary/aromatic N) is 3. The number of ether oxygens (including phenoxy) is 3. The van der Waals surface area contributed by atoms with E-state index in [4.69, 9.17) is 25.7 Å². The maximum Gasteiger partial charge on any atom is 0.407 e. The van der Waals surface area contributed by atoms with Gasteiger partial charge in [0.15, 0.2) is 0 Å². The van der Waals surface area contributed by atoms with Crippen molar-refractivity contribution in [3.63, 3.8) is 0 Å². The van der Waals surface area contributed by atoms with Gasteiger partial charge in [0.05, 0.1) is 36.3 Å². The van der Waals surface area contributed by atoms with Crippen LogP contribution < -0.4 is 80.6 Å². The van der Waals surface area contributed by atoms with E-state index >= 15 is 0 Å². The van der Waals surface area contributed by atoms with Gasteiger partial charge in [-0.25, -0.2) is 28.8 Å². The fourth-order valence-corrected chi connectivity index (χ4v) is 21.0. The molecule has 9 fully saturated rings. The van der Waals surface area contributed by atoms with E-state index in [2.05, 4.69) is 103 Å². The third-order valence-corrected chi connectivity index (χ3v) is 31.2. The van der Waals surface area contributed by atoms with Crippen LogP contribution in [0.15, 0.2) is 36.9 Å². The number of nitrogens with one attached hydrogen (secondary N) is 13. The molecule has 1 aromatic rings. The van der Waals surface area contributed by atoms with Crippen molar-refractivity contribution in [2.24, 2.45) is 114 Å². The molecule has 3 aliphatic heterocycles. The SMILES string of the molecule is C=CCNC(=O)C(=O)C(CCC)NC(=O)[C@@H]1[C@@H]2[C@H](CN1C(=O)[C@@H](NC(=O)N[C@H](COC(=O)NCC1CC1)C(C)(C)C)C(C)(C)C)C2(C)C.CC(C)NC(=O)OC[C@@H](NC(=O)N[C@H](C(=O)N1C[C@H]2[C@@H]([C@H]1C(=O)NC(CC1CCC1)C(=O)C(N)=O)C2(C)C)C1Cc2ccccc2C1)C(C)C.CNC(=O)OC[C@@H](NC(=O)N[C@H](C(=O)N1C[C@H]2[C@@H]([C@H]1C(=O)NC(CC1CCC1)C(=O)C(N)=O)C2(C)C)C(C)(C)C)C(C)(C)C. The summed E-state index contributed by atoms with van der Waals surface area (Å²) in [6, 6.07) is -4.35. The van der Waals surface area contributed by atoms with Crippen LogP contribution in [0.25, 0.3) is 0 Å². The highest BCUT2D eigenvalue weighted by atomic mass is 16.6. The number of hydrogen-bond acceptors (Lipinski definition) is 21.